The van der Waals surface area contributed by atoms with Gasteiger partial charge in [-0.3, -0.25) is 4.79 Å². The first kappa shape index (κ1) is 11.1. The number of hydrogen-bond donors (Lipinski definition) is 1. The lowest BCUT2D eigenvalue weighted by atomic mass is 9.87. The Kier molecular flexibility index (Phi) is 2.60. The molecule has 4 heteroatoms. The first-order chi connectivity index (χ1) is 8.15. The van der Waals surface area contributed by atoms with E-state index in [2.05, 4.69) is 17.3 Å². The highest BCUT2D eigenvalue weighted by molar-refractivity contribution is 6.31. The number of hydrogen-bond acceptors (Lipinski definition) is 2. The van der Waals surface area contributed by atoms with E-state index in [4.69, 9.17) is 11.6 Å². The summed E-state index contributed by atoms with van der Waals surface area (Å²) in [6.07, 6.45) is 0. The second-order valence-electron chi connectivity index (χ2n) is 5.03. The monoisotopic (exact) mass is 250 g/mol. The summed E-state index contributed by atoms with van der Waals surface area (Å²) in [5, 5.41) is 3.62. The van der Waals surface area contributed by atoms with Gasteiger partial charge in [0.25, 0.3) is 5.91 Å². The van der Waals surface area contributed by atoms with E-state index in [1.165, 1.54) is 0 Å². The molecule has 2 heterocycles. The number of carbonyl (C=O) groups excluding carboxylic acids is 1. The van der Waals surface area contributed by atoms with Gasteiger partial charge in [-0.2, -0.15) is 0 Å². The molecule has 1 aromatic carbocycles. The number of likely N-dealkylation sites (N-methyl/N-ethyl adjacent to an activating group) is 1. The van der Waals surface area contributed by atoms with Gasteiger partial charge >= 0.3 is 0 Å². The van der Waals surface area contributed by atoms with Crippen molar-refractivity contribution in [3.8, 4) is 0 Å². The first-order valence-electron chi connectivity index (χ1n) is 5.91. The van der Waals surface area contributed by atoms with Crippen molar-refractivity contribution in [3.63, 3.8) is 0 Å². The van der Waals surface area contributed by atoms with Crippen LogP contribution in [0.25, 0.3) is 0 Å². The van der Waals surface area contributed by atoms with Crippen LogP contribution in [0.15, 0.2) is 18.2 Å². The third kappa shape index (κ3) is 1.83. The lowest BCUT2D eigenvalue weighted by molar-refractivity contribution is 0.0951. The van der Waals surface area contributed by atoms with Crippen LogP contribution in [0.5, 0.6) is 0 Å². The van der Waals surface area contributed by atoms with Crippen molar-refractivity contribution in [1.82, 2.24) is 10.2 Å². The molecule has 3 rings (SSSR count). The van der Waals surface area contributed by atoms with E-state index >= 15 is 0 Å². The fraction of sp³-hybridized carbons (Fsp3) is 0.462. The molecule has 0 bridgehead atoms. The zero-order chi connectivity index (χ0) is 12.0. The lowest BCUT2D eigenvalue weighted by Crippen LogP contribution is -2.29. The molecule has 0 aromatic heterocycles. The van der Waals surface area contributed by atoms with E-state index in [1.54, 1.807) is 6.07 Å². The first-order valence-corrected chi connectivity index (χ1v) is 6.29. The number of nitrogens with one attached hydrogen (secondary N) is 1. The zero-order valence-corrected chi connectivity index (χ0v) is 10.5. The maximum Gasteiger partial charge on any atom is 0.251 e. The summed E-state index contributed by atoms with van der Waals surface area (Å²) in [6, 6.07) is 5.68. The molecule has 3 nitrogen and oxygen atoms in total. The molecule has 1 aromatic rings. The van der Waals surface area contributed by atoms with Crippen molar-refractivity contribution in [2.45, 2.75) is 5.92 Å². The Labute approximate surface area is 106 Å². The average molecular weight is 251 g/mol. The highest BCUT2D eigenvalue weighted by Gasteiger charge is 2.36. The van der Waals surface area contributed by atoms with Gasteiger partial charge in [-0.25, -0.2) is 0 Å². The number of halogens is 1. The van der Waals surface area contributed by atoms with Crippen molar-refractivity contribution < 1.29 is 4.79 Å². The number of likely N-dealkylation sites (tertiary alicyclic amines) is 1. The summed E-state index contributed by atoms with van der Waals surface area (Å²) >= 11 is 5.98. The predicted molar refractivity (Wildman–Crippen MR) is 67.5 cm³/mol. The molecule has 1 saturated heterocycles. The standard InChI is InChI=1S/C13H15ClN2O/c1-16-6-8-5-15-13(17)11-4-9(14)2-3-10(11)12(8)7-16/h2-4,8,12H,5-7H2,1H3,(H,15,17)/t8-,12?/m0/s1. The Morgan fingerprint density at radius 3 is 3.06 bits per heavy atom. The highest BCUT2D eigenvalue weighted by atomic mass is 35.5. The van der Waals surface area contributed by atoms with E-state index in [-0.39, 0.29) is 5.91 Å². The van der Waals surface area contributed by atoms with Crippen molar-refractivity contribution in [2.75, 3.05) is 26.7 Å². The lowest BCUT2D eigenvalue weighted by Gasteiger charge is -2.16. The number of nitrogens with zero attached hydrogens (tertiary/aromatic N) is 1. The van der Waals surface area contributed by atoms with Gasteiger partial charge in [0.05, 0.1) is 0 Å². The molecule has 0 aliphatic carbocycles. The average Bonchev–Trinajstić information content (AvgIpc) is 2.62. The van der Waals surface area contributed by atoms with Crippen molar-refractivity contribution >= 4 is 17.5 Å². The fourth-order valence-corrected chi connectivity index (χ4v) is 3.19. The Bertz CT molecular complexity index is 474. The molecular weight excluding hydrogens is 236 g/mol. The molecule has 0 spiro atoms. The van der Waals surface area contributed by atoms with Gasteiger partial charge < -0.3 is 10.2 Å². The van der Waals surface area contributed by atoms with Gasteiger partial charge in [0.1, 0.15) is 0 Å². The Hall–Kier alpha value is -1.06. The van der Waals surface area contributed by atoms with Crippen molar-refractivity contribution in [2.24, 2.45) is 5.92 Å². The summed E-state index contributed by atoms with van der Waals surface area (Å²) in [5.41, 5.74) is 1.90. The minimum absolute atomic E-state index is 0.0135. The van der Waals surface area contributed by atoms with Gasteiger partial charge in [0.15, 0.2) is 0 Å². The third-order valence-electron chi connectivity index (χ3n) is 3.81. The summed E-state index contributed by atoms with van der Waals surface area (Å²) in [6.45, 7) is 2.83. The topological polar surface area (TPSA) is 32.3 Å². The number of benzene rings is 1. The maximum atomic E-state index is 12.0. The van der Waals surface area contributed by atoms with Gasteiger partial charge in [0.2, 0.25) is 0 Å². The van der Waals surface area contributed by atoms with Gasteiger partial charge in [0, 0.05) is 36.1 Å². The number of fused-ring (bicyclic) bond motifs is 3. The van der Waals surface area contributed by atoms with Crippen LogP contribution in [0, 0.1) is 5.92 Å². The predicted octanol–water partition coefficient (Wildman–Crippen LogP) is 1.73. The second-order valence-corrected chi connectivity index (χ2v) is 5.47. The normalized spacial score (nSPS) is 28.2. The summed E-state index contributed by atoms with van der Waals surface area (Å²) in [7, 11) is 2.13. The number of carbonyl (C=O) groups is 1. The molecule has 1 unspecified atom stereocenters. The van der Waals surface area contributed by atoms with E-state index in [1.807, 2.05) is 12.1 Å². The molecule has 0 saturated carbocycles. The molecule has 2 atom stereocenters. The summed E-state index contributed by atoms with van der Waals surface area (Å²) in [5.74, 6) is 0.983. The molecule has 2 aliphatic heterocycles. The van der Waals surface area contributed by atoms with Crippen LogP contribution in [0.3, 0.4) is 0 Å². The van der Waals surface area contributed by atoms with Crippen LogP contribution >= 0.6 is 11.6 Å². The molecular formula is C13H15ClN2O. The SMILES string of the molecule is CN1CC2c3ccc(Cl)cc3C(=O)NC[C@H]2C1. The van der Waals surface area contributed by atoms with E-state index in [9.17, 15) is 4.79 Å². The zero-order valence-electron chi connectivity index (χ0n) is 9.74. The van der Waals surface area contributed by atoms with E-state index < -0.39 is 0 Å². The van der Waals surface area contributed by atoms with Crippen LogP contribution < -0.4 is 5.32 Å². The summed E-state index contributed by atoms with van der Waals surface area (Å²) < 4.78 is 0. The summed E-state index contributed by atoms with van der Waals surface area (Å²) in [4.78, 5) is 14.3. The Balaban J connectivity index is 2.09. The van der Waals surface area contributed by atoms with E-state index in [0.29, 0.717) is 16.9 Å². The molecule has 1 amide bonds. The van der Waals surface area contributed by atoms with Gasteiger partial charge in [-0.1, -0.05) is 17.7 Å². The Morgan fingerprint density at radius 1 is 1.41 bits per heavy atom. The van der Waals surface area contributed by atoms with Crippen LogP contribution in [-0.4, -0.2) is 37.5 Å². The molecule has 2 aliphatic rings. The van der Waals surface area contributed by atoms with Crippen molar-refractivity contribution in [1.29, 1.82) is 0 Å². The van der Waals surface area contributed by atoms with Gasteiger partial charge in [-0.05, 0) is 30.7 Å². The Morgan fingerprint density at radius 2 is 2.24 bits per heavy atom. The largest absolute Gasteiger partial charge is 0.352 e. The number of amides is 1. The second kappa shape index (κ2) is 4.00. The molecule has 17 heavy (non-hydrogen) atoms. The van der Waals surface area contributed by atoms with Crippen LogP contribution in [0.4, 0.5) is 0 Å². The van der Waals surface area contributed by atoms with Crippen LogP contribution in [0.2, 0.25) is 5.02 Å². The molecule has 0 radical (unpaired) electrons. The molecule has 90 valence electrons. The smallest absolute Gasteiger partial charge is 0.251 e. The van der Waals surface area contributed by atoms with Crippen LogP contribution in [-0.2, 0) is 0 Å². The minimum Gasteiger partial charge on any atom is -0.352 e. The maximum absolute atomic E-state index is 12.0. The van der Waals surface area contributed by atoms with Crippen LogP contribution in [0.1, 0.15) is 21.8 Å². The van der Waals surface area contributed by atoms with Crippen molar-refractivity contribution in [3.05, 3.63) is 34.3 Å². The molecule has 1 fully saturated rings. The van der Waals surface area contributed by atoms with E-state index in [0.717, 1.165) is 30.8 Å². The highest BCUT2D eigenvalue weighted by Crippen LogP contribution is 2.36. The minimum atomic E-state index is 0.0135. The quantitative estimate of drug-likeness (QED) is 0.761. The van der Waals surface area contributed by atoms with Gasteiger partial charge in [-0.15, -0.1) is 0 Å². The third-order valence-corrected chi connectivity index (χ3v) is 4.04. The number of rotatable bonds is 0. The fourth-order valence-electron chi connectivity index (χ4n) is 3.01. The molecule has 1 N–H and O–H groups in total.